The largest absolute Gasteiger partial charge is 0.372 e. The van der Waals surface area contributed by atoms with E-state index in [1.54, 1.807) is 12.1 Å². The molecule has 7 heteroatoms. The van der Waals surface area contributed by atoms with E-state index in [0.29, 0.717) is 13.1 Å². The molecule has 0 bridgehead atoms. The molecule has 22 heavy (non-hydrogen) atoms. The highest BCUT2D eigenvalue weighted by Gasteiger charge is 2.29. The molecule has 2 rings (SSSR count). The number of carbonyl (C=O) groups is 1. The SMILES string of the molecule is CC1CN(C(=O)C(C)Sc2ccc([N+](=O)[O-])cc2)CC(C)O1. The molecule has 0 aliphatic carbocycles. The van der Waals surface area contributed by atoms with Gasteiger partial charge in [-0.15, -0.1) is 11.8 Å². The molecule has 1 aliphatic heterocycles. The second-order valence-electron chi connectivity index (χ2n) is 5.51. The lowest BCUT2D eigenvalue weighted by Gasteiger charge is -2.36. The fraction of sp³-hybridized carbons (Fsp3) is 0.533. The van der Waals surface area contributed by atoms with E-state index in [9.17, 15) is 14.9 Å². The van der Waals surface area contributed by atoms with Gasteiger partial charge in [0, 0.05) is 30.1 Å². The number of rotatable bonds is 4. The van der Waals surface area contributed by atoms with Gasteiger partial charge in [0.2, 0.25) is 5.91 Å². The fourth-order valence-corrected chi connectivity index (χ4v) is 3.47. The third-order valence-corrected chi connectivity index (χ3v) is 4.54. The number of amides is 1. The van der Waals surface area contributed by atoms with E-state index < -0.39 is 4.92 Å². The molecule has 3 atom stereocenters. The molecular formula is C15H20N2O4S. The Hall–Kier alpha value is -1.60. The molecular weight excluding hydrogens is 304 g/mol. The van der Waals surface area contributed by atoms with Crippen LogP contribution in [0.15, 0.2) is 29.2 Å². The Bertz CT molecular complexity index is 539. The predicted molar refractivity (Wildman–Crippen MR) is 85.0 cm³/mol. The highest BCUT2D eigenvalue weighted by atomic mass is 32.2. The van der Waals surface area contributed by atoms with Crippen molar-refractivity contribution in [2.24, 2.45) is 0 Å². The monoisotopic (exact) mass is 324 g/mol. The van der Waals surface area contributed by atoms with Crippen LogP contribution in [0.25, 0.3) is 0 Å². The summed E-state index contributed by atoms with van der Waals surface area (Å²) in [5.74, 6) is 0.0744. The number of hydrogen-bond acceptors (Lipinski definition) is 5. The zero-order chi connectivity index (χ0) is 16.3. The summed E-state index contributed by atoms with van der Waals surface area (Å²) >= 11 is 1.41. The van der Waals surface area contributed by atoms with Gasteiger partial charge in [-0.2, -0.15) is 0 Å². The van der Waals surface area contributed by atoms with Gasteiger partial charge < -0.3 is 9.64 Å². The maximum Gasteiger partial charge on any atom is 0.269 e. The van der Waals surface area contributed by atoms with Gasteiger partial charge in [0.25, 0.3) is 5.69 Å². The summed E-state index contributed by atoms with van der Waals surface area (Å²) in [5.41, 5.74) is 0.0548. The molecule has 1 aromatic rings. The van der Waals surface area contributed by atoms with E-state index >= 15 is 0 Å². The van der Waals surface area contributed by atoms with Crippen LogP contribution in [-0.4, -0.2) is 46.3 Å². The quantitative estimate of drug-likeness (QED) is 0.484. The number of carbonyl (C=O) groups excluding carboxylic acids is 1. The van der Waals surface area contributed by atoms with Crippen molar-refractivity contribution in [1.82, 2.24) is 4.90 Å². The summed E-state index contributed by atoms with van der Waals surface area (Å²) in [6.07, 6.45) is 0.0912. The number of benzene rings is 1. The average molecular weight is 324 g/mol. The van der Waals surface area contributed by atoms with Crippen molar-refractivity contribution in [2.75, 3.05) is 13.1 Å². The second kappa shape index (κ2) is 7.11. The molecule has 120 valence electrons. The fourth-order valence-electron chi connectivity index (χ4n) is 2.52. The third kappa shape index (κ3) is 4.20. The summed E-state index contributed by atoms with van der Waals surface area (Å²) in [7, 11) is 0. The van der Waals surface area contributed by atoms with Gasteiger partial charge in [-0.1, -0.05) is 0 Å². The molecule has 1 fully saturated rings. The first-order chi connectivity index (χ1) is 10.4. The molecule has 0 radical (unpaired) electrons. The van der Waals surface area contributed by atoms with E-state index in [0.717, 1.165) is 4.90 Å². The van der Waals surface area contributed by atoms with Gasteiger partial charge in [0.1, 0.15) is 0 Å². The molecule has 0 saturated carbocycles. The number of ether oxygens (including phenoxy) is 1. The zero-order valence-corrected chi connectivity index (χ0v) is 13.7. The first-order valence-corrected chi connectivity index (χ1v) is 8.10. The summed E-state index contributed by atoms with van der Waals surface area (Å²) < 4.78 is 5.64. The Kier molecular flexibility index (Phi) is 5.42. The van der Waals surface area contributed by atoms with Gasteiger partial charge in [0.15, 0.2) is 0 Å². The number of nitro benzene ring substituents is 1. The smallest absolute Gasteiger partial charge is 0.269 e. The lowest BCUT2D eigenvalue weighted by Crippen LogP contribution is -2.50. The van der Waals surface area contributed by atoms with Crippen LogP contribution in [-0.2, 0) is 9.53 Å². The molecule has 1 amide bonds. The second-order valence-corrected chi connectivity index (χ2v) is 6.93. The van der Waals surface area contributed by atoms with Crippen molar-refractivity contribution in [3.63, 3.8) is 0 Å². The van der Waals surface area contributed by atoms with Crippen molar-refractivity contribution in [3.05, 3.63) is 34.4 Å². The zero-order valence-electron chi connectivity index (χ0n) is 12.9. The van der Waals surface area contributed by atoms with Gasteiger partial charge in [-0.3, -0.25) is 14.9 Å². The van der Waals surface area contributed by atoms with Gasteiger partial charge in [-0.25, -0.2) is 0 Å². The molecule has 3 unspecified atom stereocenters. The Labute approximate surface area is 134 Å². The van der Waals surface area contributed by atoms with E-state index in [1.807, 2.05) is 25.7 Å². The highest BCUT2D eigenvalue weighted by Crippen LogP contribution is 2.27. The van der Waals surface area contributed by atoms with Crippen LogP contribution in [0.5, 0.6) is 0 Å². The van der Waals surface area contributed by atoms with Gasteiger partial charge in [0.05, 0.1) is 22.4 Å². The average Bonchev–Trinajstić information content (AvgIpc) is 2.46. The molecule has 0 spiro atoms. The van der Waals surface area contributed by atoms with Crippen LogP contribution in [0, 0.1) is 10.1 Å². The van der Waals surface area contributed by atoms with Crippen LogP contribution in [0.3, 0.4) is 0 Å². The molecule has 0 N–H and O–H groups in total. The standard InChI is InChI=1S/C15H20N2O4S/c1-10-8-16(9-11(2)21-10)15(18)12(3)22-14-6-4-13(5-7-14)17(19)20/h4-7,10-12H,8-9H2,1-3H3. The minimum Gasteiger partial charge on any atom is -0.372 e. The van der Waals surface area contributed by atoms with Crippen LogP contribution < -0.4 is 0 Å². The molecule has 0 aromatic heterocycles. The predicted octanol–water partition coefficient (Wildman–Crippen LogP) is 2.71. The molecule has 1 aliphatic rings. The van der Waals surface area contributed by atoms with Crippen molar-refractivity contribution in [1.29, 1.82) is 0 Å². The van der Waals surface area contributed by atoms with Gasteiger partial charge in [-0.05, 0) is 32.9 Å². The lowest BCUT2D eigenvalue weighted by molar-refractivity contribution is -0.384. The number of morpholine rings is 1. The van der Waals surface area contributed by atoms with Crippen molar-refractivity contribution in [2.45, 2.75) is 43.1 Å². The van der Waals surface area contributed by atoms with Crippen LogP contribution in [0.1, 0.15) is 20.8 Å². The minimum absolute atomic E-state index is 0.0456. The number of nitro groups is 1. The van der Waals surface area contributed by atoms with Crippen molar-refractivity contribution >= 4 is 23.4 Å². The van der Waals surface area contributed by atoms with E-state index in [1.165, 1.54) is 23.9 Å². The van der Waals surface area contributed by atoms with Crippen LogP contribution in [0.4, 0.5) is 5.69 Å². The number of nitrogens with zero attached hydrogens (tertiary/aromatic N) is 2. The number of hydrogen-bond donors (Lipinski definition) is 0. The van der Waals surface area contributed by atoms with E-state index in [2.05, 4.69) is 0 Å². The highest BCUT2D eigenvalue weighted by molar-refractivity contribution is 8.00. The Balaban J connectivity index is 1.97. The first-order valence-electron chi connectivity index (χ1n) is 7.22. The topological polar surface area (TPSA) is 72.7 Å². The summed E-state index contributed by atoms with van der Waals surface area (Å²) in [5, 5.41) is 10.4. The maximum absolute atomic E-state index is 12.5. The summed E-state index contributed by atoms with van der Waals surface area (Å²) in [6.45, 7) is 7.00. The molecule has 1 saturated heterocycles. The van der Waals surface area contributed by atoms with Gasteiger partial charge >= 0.3 is 0 Å². The van der Waals surface area contributed by atoms with E-state index in [4.69, 9.17) is 4.74 Å². The Morgan fingerprint density at radius 2 is 1.86 bits per heavy atom. The summed E-state index contributed by atoms with van der Waals surface area (Å²) in [6, 6.07) is 6.27. The number of non-ortho nitro benzene ring substituents is 1. The Morgan fingerprint density at radius 3 is 2.36 bits per heavy atom. The normalized spacial score (nSPS) is 23.1. The molecule has 1 aromatic carbocycles. The third-order valence-electron chi connectivity index (χ3n) is 3.44. The van der Waals surface area contributed by atoms with Crippen molar-refractivity contribution in [3.8, 4) is 0 Å². The first kappa shape index (κ1) is 16.8. The van der Waals surface area contributed by atoms with Crippen LogP contribution >= 0.6 is 11.8 Å². The maximum atomic E-state index is 12.5. The lowest BCUT2D eigenvalue weighted by atomic mass is 10.2. The summed E-state index contributed by atoms with van der Waals surface area (Å²) in [4.78, 5) is 25.4. The number of thioether (sulfide) groups is 1. The minimum atomic E-state index is -0.431. The van der Waals surface area contributed by atoms with Crippen molar-refractivity contribution < 1.29 is 14.5 Å². The molecule has 1 heterocycles. The Morgan fingerprint density at radius 1 is 1.32 bits per heavy atom. The van der Waals surface area contributed by atoms with Crippen LogP contribution in [0.2, 0.25) is 0 Å². The van der Waals surface area contributed by atoms with E-state index in [-0.39, 0.29) is 29.1 Å². The molecule has 6 nitrogen and oxygen atoms in total.